The van der Waals surface area contributed by atoms with E-state index in [-0.39, 0.29) is 5.60 Å². The molecule has 134 valence electrons. The highest BCUT2D eigenvalue weighted by Gasteiger charge is 2.51. The SMILES string of the molecule is COc1ncc2nc(N3CCC4(CN5CCC4CC5)OC3N)sc2n1. The molecule has 1 spiro atoms. The molecule has 0 amide bonds. The first-order valence-corrected chi connectivity index (χ1v) is 9.58. The number of aromatic nitrogens is 3. The van der Waals surface area contributed by atoms with Gasteiger partial charge in [-0.15, -0.1) is 0 Å². The predicted molar refractivity (Wildman–Crippen MR) is 94.7 cm³/mol. The minimum absolute atomic E-state index is 0.0773. The van der Waals surface area contributed by atoms with Gasteiger partial charge in [0.1, 0.15) is 5.52 Å². The lowest BCUT2D eigenvalue weighted by Gasteiger charge is -2.57. The molecule has 2 atom stereocenters. The van der Waals surface area contributed by atoms with Crippen LogP contribution in [0.4, 0.5) is 5.13 Å². The second kappa shape index (κ2) is 5.73. The lowest BCUT2D eigenvalue weighted by Crippen LogP contribution is -2.67. The Kier molecular flexibility index (Phi) is 3.60. The molecule has 0 saturated carbocycles. The van der Waals surface area contributed by atoms with E-state index in [0.717, 1.165) is 35.0 Å². The van der Waals surface area contributed by atoms with Gasteiger partial charge in [0.2, 0.25) is 0 Å². The van der Waals surface area contributed by atoms with Crippen molar-refractivity contribution >= 4 is 26.8 Å². The molecule has 2 bridgehead atoms. The number of nitrogens with two attached hydrogens (primary N) is 1. The number of ether oxygens (including phenoxy) is 2. The number of methoxy groups -OCH3 is 1. The highest BCUT2D eigenvalue weighted by atomic mass is 32.1. The number of thiazole rings is 1. The first-order valence-electron chi connectivity index (χ1n) is 8.77. The highest BCUT2D eigenvalue weighted by molar-refractivity contribution is 7.21. The largest absolute Gasteiger partial charge is 0.467 e. The van der Waals surface area contributed by atoms with Crippen molar-refractivity contribution in [2.75, 3.05) is 38.2 Å². The Hall–Kier alpha value is -1.55. The van der Waals surface area contributed by atoms with Crippen molar-refractivity contribution < 1.29 is 9.47 Å². The van der Waals surface area contributed by atoms with Crippen LogP contribution in [0, 0.1) is 5.92 Å². The zero-order chi connectivity index (χ0) is 17.0. The van der Waals surface area contributed by atoms with Crippen LogP contribution in [0.3, 0.4) is 0 Å². The summed E-state index contributed by atoms with van der Waals surface area (Å²) in [6, 6.07) is 0.355. The summed E-state index contributed by atoms with van der Waals surface area (Å²) < 4.78 is 11.5. The van der Waals surface area contributed by atoms with Crippen LogP contribution in [0.15, 0.2) is 6.20 Å². The molecule has 0 radical (unpaired) electrons. The lowest BCUT2D eigenvalue weighted by atomic mass is 9.73. The lowest BCUT2D eigenvalue weighted by molar-refractivity contribution is -0.197. The summed E-state index contributed by atoms with van der Waals surface area (Å²) in [5.74, 6) is 0.635. The van der Waals surface area contributed by atoms with E-state index in [4.69, 9.17) is 15.2 Å². The van der Waals surface area contributed by atoms with Crippen molar-refractivity contribution in [3.63, 3.8) is 0 Å². The Morgan fingerprint density at radius 2 is 2.16 bits per heavy atom. The Labute approximate surface area is 149 Å². The Morgan fingerprint density at radius 3 is 2.84 bits per heavy atom. The molecule has 6 heterocycles. The van der Waals surface area contributed by atoms with Crippen molar-refractivity contribution in [3.8, 4) is 6.01 Å². The van der Waals surface area contributed by atoms with Gasteiger partial charge in [-0.1, -0.05) is 11.3 Å². The molecule has 2 aromatic heterocycles. The molecule has 6 rings (SSSR count). The van der Waals surface area contributed by atoms with Gasteiger partial charge in [0.25, 0.3) is 0 Å². The zero-order valence-corrected chi connectivity index (χ0v) is 15.0. The molecular weight excluding hydrogens is 340 g/mol. The minimum Gasteiger partial charge on any atom is -0.467 e. The van der Waals surface area contributed by atoms with Gasteiger partial charge in [0.15, 0.2) is 16.3 Å². The fourth-order valence-electron chi connectivity index (χ4n) is 4.48. The summed E-state index contributed by atoms with van der Waals surface area (Å²) >= 11 is 1.50. The predicted octanol–water partition coefficient (Wildman–Crippen LogP) is 1.03. The summed E-state index contributed by atoms with van der Waals surface area (Å²) in [4.78, 5) is 18.5. The van der Waals surface area contributed by atoms with Gasteiger partial charge < -0.3 is 19.3 Å². The maximum atomic E-state index is 6.42. The summed E-state index contributed by atoms with van der Waals surface area (Å²) in [5.41, 5.74) is 7.10. The number of fused-ring (bicyclic) bond motifs is 3. The van der Waals surface area contributed by atoms with E-state index in [0.29, 0.717) is 11.9 Å². The van der Waals surface area contributed by atoms with Gasteiger partial charge in [-0.05, 0) is 38.3 Å². The minimum atomic E-state index is -0.468. The van der Waals surface area contributed by atoms with Gasteiger partial charge in [-0.25, -0.2) is 9.97 Å². The fourth-order valence-corrected chi connectivity index (χ4v) is 5.43. The molecule has 4 fully saturated rings. The standard InChI is InChI=1S/C16H22N6O2S/c1-23-14-18-8-11-12(20-14)25-15(19-11)22-7-4-16(24-13(22)17)9-21-5-2-10(16)3-6-21/h8,10,13H,2-7,9,17H2,1H3. The zero-order valence-electron chi connectivity index (χ0n) is 14.2. The van der Waals surface area contributed by atoms with Gasteiger partial charge in [0.05, 0.1) is 18.9 Å². The molecule has 2 unspecified atom stereocenters. The molecule has 25 heavy (non-hydrogen) atoms. The molecule has 8 nitrogen and oxygen atoms in total. The van der Waals surface area contributed by atoms with Crippen LogP contribution in [0.1, 0.15) is 19.3 Å². The normalized spacial score (nSPS) is 34.8. The molecule has 2 N–H and O–H groups in total. The van der Waals surface area contributed by atoms with Gasteiger partial charge in [-0.3, -0.25) is 5.73 Å². The molecule has 2 aromatic rings. The van der Waals surface area contributed by atoms with Crippen molar-refractivity contribution in [1.29, 1.82) is 0 Å². The number of anilines is 1. The molecule has 4 aliphatic rings. The first kappa shape index (κ1) is 15.7. The van der Waals surface area contributed by atoms with Crippen LogP contribution in [0.2, 0.25) is 0 Å². The molecule has 9 heteroatoms. The van der Waals surface area contributed by atoms with Crippen molar-refractivity contribution in [1.82, 2.24) is 19.9 Å². The van der Waals surface area contributed by atoms with Gasteiger partial charge in [-0.2, -0.15) is 4.98 Å². The second-order valence-corrected chi connectivity index (χ2v) is 8.07. The van der Waals surface area contributed by atoms with Crippen molar-refractivity contribution in [2.24, 2.45) is 11.7 Å². The summed E-state index contributed by atoms with van der Waals surface area (Å²) in [7, 11) is 1.56. The highest BCUT2D eigenvalue weighted by Crippen LogP contribution is 2.44. The van der Waals surface area contributed by atoms with E-state index in [2.05, 4.69) is 19.9 Å². The number of rotatable bonds is 2. The van der Waals surface area contributed by atoms with Gasteiger partial charge in [0, 0.05) is 13.1 Å². The Morgan fingerprint density at radius 1 is 1.32 bits per heavy atom. The smallest absolute Gasteiger partial charge is 0.317 e. The molecule has 4 saturated heterocycles. The van der Waals surface area contributed by atoms with Crippen molar-refractivity contribution in [3.05, 3.63) is 6.20 Å². The Bertz CT molecular complexity index is 792. The average Bonchev–Trinajstić information content (AvgIpc) is 3.05. The van der Waals surface area contributed by atoms with Crippen LogP contribution in [0.25, 0.3) is 10.3 Å². The van der Waals surface area contributed by atoms with Crippen LogP contribution in [-0.4, -0.2) is 65.1 Å². The van der Waals surface area contributed by atoms with E-state index >= 15 is 0 Å². The number of hydrogen-bond donors (Lipinski definition) is 1. The van der Waals surface area contributed by atoms with E-state index in [1.807, 2.05) is 4.90 Å². The fraction of sp³-hybridized carbons (Fsp3) is 0.688. The van der Waals surface area contributed by atoms with Crippen LogP contribution in [0.5, 0.6) is 6.01 Å². The molecule has 0 aromatic carbocycles. The van der Waals surface area contributed by atoms with E-state index < -0.39 is 6.35 Å². The summed E-state index contributed by atoms with van der Waals surface area (Å²) in [6.07, 6.45) is 4.66. The monoisotopic (exact) mass is 362 g/mol. The number of piperidine rings is 3. The van der Waals surface area contributed by atoms with Crippen LogP contribution < -0.4 is 15.4 Å². The van der Waals surface area contributed by atoms with E-state index in [9.17, 15) is 0 Å². The van der Waals surface area contributed by atoms with Gasteiger partial charge >= 0.3 is 6.01 Å². The molecule has 0 aliphatic carbocycles. The third-order valence-electron chi connectivity index (χ3n) is 5.81. The summed E-state index contributed by atoms with van der Waals surface area (Å²) in [5, 5.41) is 0.834. The van der Waals surface area contributed by atoms with E-state index in [1.165, 1.54) is 37.3 Å². The van der Waals surface area contributed by atoms with Crippen LogP contribution >= 0.6 is 11.3 Å². The summed E-state index contributed by atoms with van der Waals surface area (Å²) in [6.45, 7) is 4.28. The molecule has 4 aliphatic heterocycles. The van der Waals surface area contributed by atoms with E-state index in [1.54, 1.807) is 13.3 Å². The third-order valence-corrected chi connectivity index (χ3v) is 6.81. The van der Waals surface area contributed by atoms with Crippen LogP contribution in [-0.2, 0) is 4.74 Å². The topological polar surface area (TPSA) is 89.6 Å². The third kappa shape index (κ3) is 2.49. The first-order chi connectivity index (χ1) is 12.2. The maximum absolute atomic E-state index is 6.42. The Balaban J connectivity index is 1.39. The molecular formula is C16H22N6O2S. The number of hydrogen-bond acceptors (Lipinski definition) is 9. The maximum Gasteiger partial charge on any atom is 0.317 e. The second-order valence-electron chi connectivity index (χ2n) is 7.11. The van der Waals surface area contributed by atoms with Crippen molar-refractivity contribution in [2.45, 2.75) is 31.2 Å². The average molecular weight is 362 g/mol. The quantitative estimate of drug-likeness (QED) is 0.847. The number of nitrogens with zero attached hydrogens (tertiary/aromatic N) is 5.